The minimum absolute atomic E-state index is 0.815. The molecule has 1 aliphatic heterocycles. The van der Waals surface area contributed by atoms with Crippen LogP contribution in [0.25, 0.3) is 22.2 Å². The first-order valence-corrected chi connectivity index (χ1v) is 6.31. The molecule has 94 valence electrons. The first kappa shape index (κ1) is 10.5. The molecule has 1 N–H and O–H groups in total. The summed E-state index contributed by atoms with van der Waals surface area (Å²) in [4.78, 5) is 11.0. The predicted molar refractivity (Wildman–Crippen MR) is 74.1 cm³/mol. The number of anilines is 1. The van der Waals surface area contributed by atoms with Gasteiger partial charge in [0.1, 0.15) is 5.82 Å². The third-order valence-electron chi connectivity index (χ3n) is 3.69. The Morgan fingerprint density at radius 3 is 3.16 bits per heavy atom. The van der Waals surface area contributed by atoms with Gasteiger partial charge in [0, 0.05) is 36.9 Å². The minimum Gasteiger partial charge on any atom is -0.359 e. The fourth-order valence-electron chi connectivity index (χ4n) is 2.67. The highest BCUT2D eigenvalue weighted by Crippen LogP contribution is 2.31. The lowest BCUT2D eigenvalue weighted by atomic mass is 10.0. The van der Waals surface area contributed by atoms with Crippen molar-refractivity contribution < 1.29 is 0 Å². The van der Waals surface area contributed by atoms with E-state index in [0.29, 0.717) is 0 Å². The average molecular weight is 251 g/mol. The van der Waals surface area contributed by atoms with Crippen LogP contribution in [0.2, 0.25) is 0 Å². The molecule has 0 saturated carbocycles. The van der Waals surface area contributed by atoms with E-state index in [4.69, 9.17) is 0 Å². The van der Waals surface area contributed by atoms with Crippen molar-refractivity contribution in [2.24, 2.45) is 0 Å². The van der Waals surface area contributed by atoms with Crippen LogP contribution in [0.3, 0.4) is 0 Å². The van der Waals surface area contributed by atoms with Crippen LogP contribution in [-0.2, 0) is 6.42 Å². The van der Waals surface area contributed by atoms with Gasteiger partial charge in [0.2, 0.25) is 0 Å². The zero-order chi connectivity index (χ0) is 12.8. The van der Waals surface area contributed by atoms with Crippen LogP contribution in [0.1, 0.15) is 5.56 Å². The average Bonchev–Trinajstić information content (AvgIpc) is 3.05. The van der Waals surface area contributed by atoms with E-state index in [1.807, 2.05) is 18.5 Å². The molecule has 3 aromatic heterocycles. The number of aromatic amines is 1. The molecule has 3 aromatic rings. The summed E-state index contributed by atoms with van der Waals surface area (Å²) < 4.78 is 0. The van der Waals surface area contributed by atoms with E-state index in [1.54, 1.807) is 6.20 Å². The van der Waals surface area contributed by atoms with E-state index in [2.05, 4.69) is 38.2 Å². The number of nitrogens with one attached hydrogen (secondary N) is 1. The Morgan fingerprint density at radius 1 is 1.26 bits per heavy atom. The second-order valence-electron chi connectivity index (χ2n) is 4.87. The van der Waals surface area contributed by atoms with Gasteiger partial charge in [-0.15, -0.1) is 0 Å². The standard InChI is InChI=1S/C14H13N5/c1-19-5-3-9-6-10(7-16-14(9)19)11-2-4-15-13-12(11)8-17-18-13/h2,4,6-8H,3,5H2,1H3,(H,15,17,18). The van der Waals surface area contributed by atoms with E-state index in [0.717, 1.165) is 40.9 Å². The number of hydrogen-bond acceptors (Lipinski definition) is 4. The highest BCUT2D eigenvalue weighted by atomic mass is 15.2. The van der Waals surface area contributed by atoms with Gasteiger partial charge in [-0.25, -0.2) is 9.97 Å². The van der Waals surface area contributed by atoms with Crippen molar-refractivity contribution in [2.75, 3.05) is 18.5 Å². The molecule has 5 heteroatoms. The maximum atomic E-state index is 4.58. The van der Waals surface area contributed by atoms with Gasteiger partial charge >= 0.3 is 0 Å². The molecule has 0 unspecified atom stereocenters. The maximum absolute atomic E-state index is 4.58. The smallest absolute Gasteiger partial charge is 0.155 e. The number of rotatable bonds is 1. The third-order valence-corrected chi connectivity index (χ3v) is 3.69. The SMILES string of the molecule is CN1CCc2cc(-c3ccnc4[nH]ncc34)cnc21. The van der Waals surface area contributed by atoms with Gasteiger partial charge in [0.15, 0.2) is 5.65 Å². The summed E-state index contributed by atoms with van der Waals surface area (Å²) in [5.41, 5.74) is 4.38. The molecule has 0 atom stereocenters. The van der Waals surface area contributed by atoms with E-state index >= 15 is 0 Å². The van der Waals surface area contributed by atoms with Crippen molar-refractivity contribution >= 4 is 16.9 Å². The van der Waals surface area contributed by atoms with Crippen molar-refractivity contribution in [3.63, 3.8) is 0 Å². The number of H-pyrrole nitrogens is 1. The Bertz CT molecular complexity index is 761. The lowest BCUT2D eigenvalue weighted by molar-refractivity contribution is 0.945. The van der Waals surface area contributed by atoms with Gasteiger partial charge in [-0.2, -0.15) is 5.10 Å². The Labute approximate surface area is 110 Å². The number of aromatic nitrogens is 4. The lowest BCUT2D eigenvalue weighted by Crippen LogP contribution is -2.13. The highest BCUT2D eigenvalue weighted by molar-refractivity contribution is 5.92. The molecule has 0 saturated heterocycles. The summed E-state index contributed by atoms with van der Waals surface area (Å²) in [6, 6.07) is 4.24. The molecule has 0 spiro atoms. The molecule has 1 aliphatic rings. The van der Waals surface area contributed by atoms with Gasteiger partial charge in [-0.1, -0.05) is 0 Å². The van der Waals surface area contributed by atoms with Crippen molar-refractivity contribution in [3.05, 3.63) is 36.3 Å². The molecule has 0 aromatic carbocycles. The predicted octanol–water partition coefficient (Wildman–Crippen LogP) is 2.01. The number of hydrogen-bond donors (Lipinski definition) is 1. The summed E-state index contributed by atoms with van der Waals surface area (Å²) >= 11 is 0. The third kappa shape index (κ3) is 1.51. The molecule has 0 radical (unpaired) electrons. The molecule has 4 heterocycles. The van der Waals surface area contributed by atoms with Gasteiger partial charge < -0.3 is 4.90 Å². The zero-order valence-corrected chi connectivity index (χ0v) is 10.6. The summed E-state index contributed by atoms with van der Waals surface area (Å²) in [5, 5.41) is 7.99. The Morgan fingerprint density at radius 2 is 2.21 bits per heavy atom. The summed E-state index contributed by atoms with van der Waals surface area (Å²) in [6.45, 7) is 1.04. The number of pyridine rings is 2. The van der Waals surface area contributed by atoms with Crippen molar-refractivity contribution in [3.8, 4) is 11.1 Å². The Balaban J connectivity index is 1.91. The Hall–Kier alpha value is -2.43. The van der Waals surface area contributed by atoms with E-state index in [-0.39, 0.29) is 0 Å². The van der Waals surface area contributed by atoms with Crippen molar-refractivity contribution in [1.82, 2.24) is 20.2 Å². The largest absolute Gasteiger partial charge is 0.359 e. The second-order valence-corrected chi connectivity index (χ2v) is 4.87. The molecule has 5 nitrogen and oxygen atoms in total. The van der Waals surface area contributed by atoms with Crippen LogP contribution < -0.4 is 4.90 Å². The van der Waals surface area contributed by atoms with Crippen LogP contribution in [0, 0.1) is 0 Å². The van der Waals surface area contributed by atoms with Crippen LogP contribution >= 0.6 is 0 Å². The van der Waals surface area contributed by atoms with E-state index < -0.39 is 0 Å². The fourth-order valence-corrected chi connectivity index (χ4v) is 2.67. The zero-order valence-electron chi connectivity index (χ0n) is 10.6. The molecular weight excluding hydrogens is 238 g/mol. The first-order valence-electron chi connectivity index (χ1n) is 6.31. The Kier molecular flexibility index (Phi) is 2.09. The maximum Gasteiger partial charge on any atom is 0.155 e. The molecule has 0 amide bonds. The highest BCUT2D eigenvalue weighted by Gasteiger charge is 2.18. The van der Waals surface area contributed by atoms with Crippen LogP contribution in [-0.4, -0.2) is 33.8 Å². The van der Waals surface area contributed by atoms with Gasteiger partial charge in [-0.3, -0.25) is 5.10 Å². The summed E-state index contributed by atoms with van der Waals surface area (Å²) in [5.74, 6) is 1.10. The van der Waals surface area contributed by atoms with Crippen molar-refractivity contribution in [1.29, 1.82) is 0 Å². The number of likely N-dealkylation sites (N-methyl/N-ethyl adjacent to an activating group) is 1. The number of fused-ring (bicyclic) bond motifs is 2. The van der Waals surface area contributed by atoms with Crippen LogP contribution in [0.5, 0.6) is 0 Å². The molecule has 4 rings (SSSR count). The summed E-state index contributed by atoms with van der Waals surface area (Å²) in [6.07, 6.45) is 6.61. The first-order chi connectivity index (χ1) is 9.33. The fraction of sp³-hybridized carbons (Fsp3) is 0.214. The molecular formula is C14H13N5. The summed E-state index contributed by atoms with van der Waals surface area (Å²) in [7, 11) is 2.08. The van der Waals surface area contributed by atoms with Gasteiger partial charge in [-0.05, 0) is 29.7 Å². The minimum atomic E-state index is 0.815. The van der Waals surface area contributed by atoms with Crippen LogP contribution in [0.15, 0.2) is 30.7 Å². The van der Waals surface area contributed by atoms with Crippen molar-refractivity contribution in [2.45, 2.75) is 6.42 Å². The topological polar surface area (TPSA) is 57.7 Å². The lowest BCUT2D eigenvalue weighted by Gasteiger charge is -2.11. The quantitative estimate of drug-likeness (QED) is 0.718. The molecule has 0 fully saturated rings. The van der Waals surface area contributed by atoms with Gasteiger partial charge in [0.25, 0.3) is 0 Å². The molecule has 19 heavy (non-hydrogen) atoms. The van der Waals surface area contributed by atoms with E-state index in [9.17, 15) is 0 Å². The van der Waals surface area contributed by atoms with Gasteiger partial charge in [0.05, 0.1) is 6.20 Å². The van der Waals surface area contributed by atoms with Crippen LogP contribution in [0.4, 0.5) is 5.82 Å². The monoisotopic (exact) mass is 251 g/mol. The van der Waals surface area contributed by atoms with E-state index in [1.165, 1.54) is 5.56 Å². The second kappa shape index (κ2) is 3.78. The number of nitrogens with zero attached hydrogens (tertiary/aromatic N) is 4. The normalized spacial score (nSPS) is 14.1. The molecule has 0 aliphatic carbocycles. The molecule has 0 bridgehead atoms.